The number of nitrogens with one attached hydrogen (secondary N) is 1. The van der Waals surface area contributed by atoms with Gasteiger partial charge in [-0.15, -0.1) is 0 Å². The first-order valence-corrected chi connectivity index (χ1v) is 13.4. The van der Waals surface area contributed by atoms with Gasteiger partial charge in [0.15, 0.2) is 0 Å². The average molecular weight is 525 g/mol. The molecule has 0 unspecified atom stereocenters. The summed E-state index contributed by atoms with van der Waals surface area (Å²) in [6.07, 6.45) is 0.513. The Kier molecular flexibility index (Phi) is 7.48. The van der Waals surface area contributed by atoms with Gasteiger partial charge in [-0.1, -0.05) is 26.0 Å². The predicted octanol–water partition coefficient (Wildman–Crippen LogP) is 1.74. The van der Waals surface area contributed by atoms with Gasteiger partial charge in [-0.3, -0.25) is 14.5 Å². The predicted molar refractivity (Wildman–Crippen MR) is 141 cm³/mol. The smallest absolute Gasteiger partial charge is 0.248 e. The summed E-state index contributed by atoms with van der Waals surface area (Å²) < 4.78 is 18.8. The van der Waals surface area contributed by atoms with Gasteiger partial charge in [-0.25, -0.2) is 4.39 Å². The maximum atomic E-state index is 13.8. The number of aromatic nitrogens is 2. The summed E-state index contributed by atoms with van der Waals surface area (Å²) in [5.41, 5.74) is 2.95. The molecule has 1 aromatic carbocycles. The van der Waals surface area contributed by atoms with Crippen LogP contribution >= 0.6 is 0 Å². The minimum absolute atomic E-state index is 0.00419. The van der Waals surface area contributed by atoms with Crippen molar-refractivity contribution in [2.75, 3.05) is 50.8 Å². The molecule has 3 aliphatic rings. The molecule has 4 heterocycles. The Balaban J connectivity index is 1.33. The molecule has 0 radical (unpaired) electrons. The molecule has 0 aliphatic carbocycles. The first-order valence-electron chi connectivity index (χ1n) is 13.4. The van der Waals surface area contributed by atoms with Crippen LogP contribution in [-0.2, 0) is 26.2 Å². The Hall–Kier alpha value is -2.95. The number of amides is 2. The van der Waals surface area contributed by atoms with Crippen molar-refractivity contribution in [3.8, 4) is 0 Å². The molecule has 3 aliphatic heterocycles. The van der Waals surface area contributed by atoms with E-state index >= 15 is 0 Å². The van der Waals surface area contributed by atoms with Crippen molar-refractivity contribution in [2.24, 2.45) is 0 Å². The number of carbonyl (C=O) groups excluding carboxylic acids is 2. The Bertz CT molecular complexity index is 1190. The average Bonchev–Trinajstić information content (AvgIpc) is 3.14. The van der Waals surface area contributed by atoms with Crippen LogP contribution in [0, 0.1) is 5.82 Å². The van der Waals surface area contributed by atoms with Crippen LogP contribution in [0.5, 0.6) is 0 Å². The number of hydrogen-bond acceptors (Lipinski definition) is 7. The standard InChI is InChI=1S/C28H37FN6O3/c1-18-12-33(23(11-30-18)14-34-13-19(2)38-16-26(34)37)15-25(36)35-17-28(3,4)27-24(35)10-22(31-32-27)9-20-5-7-21(29)8-6-20/h5-8,10,18-19,23,30H,9,11-17H2,1-4H3/t18-,19+,23-/m1/s1. The minimum atomic E-state index is -0.321. The summed E-state index contributed by atoms with van der Waals surface area (Å²) in [5.74, 6) is -0.269. The Morgan fingerprint density at radius 3 is 2.71 bits per heavy atom. The fraction of sp³-hybridized carbons (Fsp3) is 0.571. The summed E-state index contributed by atoms with van der Waals surface area (Å²) >= 11 is 0. The second-order valence-electron chi connectivity index (χ2n) is 11.5. The first-order chi connectivity index (χ1) is 18.1. The zero-order valence-electron chi connectivity index (χ0n) is 22.6. The van der Waals surface area contributed by atoms with E-state index in [1.165, 1.54) is 12.1 Å². The zero-order chi connectivity index (χ0) is 27.0. The number of fused-ring (bicyclic) bond motifs is 1. The second kappa shape index (κ2) is 10.7. The fourth-order valence-electron chi connectivity index (χ4n) is 5.65. The van der Waals surface area contributed by atoms with Crippen LogP contribution < -0.4 is 10.2 Å². The molecular formula is C28H37FN6O3. The van der Waals surface area contributed by atoms with Crippen LogP contribution in [0.4, 0.5) is 10.1 Å². The molecule has 0 spiro atoms. The lowest BCUT2D eigenvalue weighted by Gasteiger charge is -2.42. The molecule has 1 aromatic heterocycles. The lowest BCUT2D eigenvalue weighted by Crippen LogP contribution is -2.62. The van der Waals surface area contributed by atoms with Crippen LogP contribution in [0.2, 0.25) is 0 Å². The second-order valence-corrected chi connectivity index (χ2v) is 11.5. The maximum Gasteiger partial charge on any atom is 0.248 e. The number of anilines is 1. The molecule has 2 saturated heterocycles. The Morgan fingerprint density at radius 1 is 1.18 bits per heavy atom. The monoisotopic (exact) mass is 524 g/mol. The number of piperazine rings is 1. The van der Waals surface area contributed by atoms with Crippen LogP contribution in [0.25, 0.3) is 0 Å². The topological polar surface area (TPSA) is 90.9 Å². The lowest BCUT2D eigenvalue weighted by atomic mass is 9.91. The molecule has 3 atom stereocenters. The summed E-state index contributed by atoms with van der Waals surface area (Å²) in [5, 5.41) is 12.5. The summed E-state index contributed by atoms with van der Waals surface area (Å²) in [4.78, 5) is 32.2. The lowest BCUT2D eigenvalue weighted by molar-refractivity contribution is -0.149. The van der Waals surface area contributed by atoms with Gasteiger partial charge in [-0.05, 0) is 37.6 Å². The largest absolute Gasteiger partial charge is 0.367 e. The molecule has 2 aromatic rings. The number of hydrogen-bond donors (Lipinski definition) is 1. The quantitative estimate of drug-likeness (QED) is 0.616. The Morgan fingerprint density at radius 2 is 1.95 bits per heavy atom. The van der Waals surface area contributed by atoms with Gasteiger partial charge in [0.05, 0.1) is 29.7 Å². The maximum absolute atomic E-state index is 13.8. The molecule has 10 heteroatoms. The highest BCUT2D eigenvalue weighted by Crippen LogP contribution is 2.39. The van der Waals surface area contributed by atoms with Crippen molar-refractivity contribution >= 4 is 17.5 Å². The third-order valence-electron chi connectivity index (χ3n) is 7.73. The number of rotatable bonds is 6. The highest BCUT2D eigenvalue weighted by atomic mass is 19.1. The molecule has 0 bridgehead atoms. The molecule has 0 saturated carbocycles. The van der Waals surface area contributed by atoms with Gasteiger partial charge in [-0.2, -0.15) is 10.2 Å². The third kappa shape index (κ3) is 5.72. The van der Waals surface area contributed by atoms with Crippen molar-refractivity contribution in [1.29, 1.82) is 0 Å². The first kappa shape index (κ1) is 26.6. The van der Waals surface area contributed by atoms with E-state index in [1.807, 2.05) is 22.8 Å². The van der Waals surface area contributed by atoms with E-state index in [1.54, 1.807) is 12.1 Å². The van der Waals surface area contributed by atoms with E-state index in [0.29, 0.717) is 32.6 Å². The van der Waals surface area contributed by atoms with Crippen molar-refractivity contribution in [3.63, 3.8) is 0 Å². The van der Waals surface area contributed by atoms with Gasteiger partial charge < -0.3 is 19.9 Å². The van der Waals surface area contributed by atoms with Gasteiger partial charge in [0, 0.05) is 56.6 Å². The van der Waals surface area contributed by atoms with E-state index in [9.17, 15) is 14.0 Å². The zero-order valence-corrected chi connectivity index (χ0v) is 22.6. The fourth-order valence-corrected chi connectivity index (χ4v) is 5.65. The van der Waals surface area contributed by atoms with Crippen LogP contribution in [0.1, 0.15) is 44.6 Å². The van der Waals surface area contributed by atoms with E-state index in [0.717, 1.165) is 29.2 Å². The van der Waals surface area contributed by atoms with E-state index < -0.39 is 0 Å². The number of nitrogens with zero attached hydrogens (tertiary/aromatic N) is 5. The number of morpholine rings is 1. The molecule has 2 amide bonds. The molecular weight excluding hydrogens is 487 g/mol. The summed E-state index contributed by atoms with van der Waals surface area (Å²) in [6.45, 7) is 11.7. The van der Waals surface area contributed by atoms with E-state index in [4.69, 9.17) is 4.74 Å². The Labute approximate surface area is 223 Å². The number of halogens is 1. The highest BCUT2D eigenvalue weighted by molar-refractivity contribution is 5.97. The molecule has 2 fully saturated rings. The molecule has 5 rings (SSSR count). The minimum Gasteiger partial charge on any atom is -0.367 e. The normalized spacial score (nSPS) is 25.5. The molecule has 38 heavy (non-hydrogen) atoms. The third-order valence-corrected chi connectivity index (χ3v) is 7.73. The van der Waals surface area contributed by atoms with Crippen LogP contribution in [0.3, 0.4) is 0 Å². The molecule has 204 valence electrons. The van der Waals surface area contributed by atoms with Gasteiger partial charge >= 0.3 is 0 Å². The van der Waals surface area contributed by atoms with Gasteiger partial charge in [0.25, 0.3) is 0 Å². The van der Waals surface area contributed by atoms with Crippen LogP contribution in [-0.4, -0.2) is 95.9 Å². The SMILES string of the molecule is C[C@@H]1CN(CC(=O)N2CC(C)(C)c3nnc(Cc4ccc(F)cc4)cc32)[C@@H](CN2C[C@H](C)OCC2=O)CN1. The van der Waals surface area contributed by atoms with Gasteiger partial charge in [0.2, 0.25) is 11.8 Å². The number of carbonyl (C=O) groups is 2. The van der Waals surface area contributed by atoms with Crippen molar-refractivity contribution in [2.45, 2.75) is 57.7 Å². The summed E-state index contributed by atoms with van der Waals surface area (Å²) in [7, 11) is 0. The van der Waals surface area contributed by atoms with Crippen molar-refractivity contribution in [1.82, 2.24) is 25.3 Å². The van der Waals surface area contributed by atoms with Gasteiger partial charge in [0.1, 0.15) is 12.4 Å². The number of ether oxygens (including phenoxy) is 1. The van der Waals surface area contributed by atoms with Crippen LogP contribution in [0.15, 0.2) is 30.3 Å². The van der Waals surface area contributed by atoms with E-state index in [-0.39, 0.29) is 54.4 Å². The number of benzene rings is 1. The van der Waals surface area contributed by atoms with Crippen molar-refractivity contribution < 1.29 is 18.7 Å². The van der Waals surface area contributed by atoms with E-state index in [2.05, 4.69) is 41.2 Å². The highest BCUT2D eigenvalue weighted by Gasteiger charge is 2.41. The summed E-state index contributed by atoms with van der Waals surface area (Å²) in [6, 6.07) is 8.57. The molecule has 1 N–H and O–H groups in total. The van der Waals surface area contributed by atoms with Crippen molar-refractivity contribution in [3.05, 3.63) is 53.1 Å². The molecule has 9 nitrogen and oxygen atoms in total.